The molecule has 6 heteroatoms. The van der Waals surface area contributed by atoms with Gasteiger partial charge in [0.25, 0.3) is 0 Å². The van der Waals surface area contributed by atoms with Gasteiger partial charge in [0.1, 0.15) is 6.04 Å². The van der Waals surface area contributed by atoms with Crippen molar-refractivity contribution in [3.8, 4) is 0 Å². The second-order valence-corrected chi connectivity index (χ2v) is 4.99. The molecule has 6 nitrogen and oxygen atoms in total. The zero-order valence-electron chi connectivity index (χ0n) is 11.5. The van der Waals surface area contributed by atoms with Crippen LogP contribution >= 0.6 is 0 Å². The van der Waals surface area contributed by atoms with Crippen molar-refractivity contribution in [2.75, 3.05) is 19.7 Å². The quantitative estimate of drug-likeness (QED) is 0.853. The molecule has 2 unspecified atom stereocenters. The van der Waals surface area contributed by atoms with Gasteiger partial charge in [-0.05, 0) is 18.9 Å². The van der Waals surface area contributed by atoms with E-state index in [0.717, 1.165) is 5.56 Å². The van der Waals surface area contributed by atoms with Crippen molar-refractivity contribution in [3.05, 3.63) is 18.0 Å². The van der Waals surface area contributed by atoms with Crippen molar-refractivity contribution < 1.29 is 14.6 Å². The molecule has 2 heterocycles. The van der Waals surface area contributed by atoms with Crippen molar-refractivity contribution in [2.45, 2.75) is 39.0 Å². The zero-order valence-corrected chi connectivity index (χ0v) is 11.5. The molecular formula is C13H21N3O3. The second-order valence-electron chi connectivity index (χ2n) is 4.99. The van der Waals surface area contributed by atoms with Crippen LogP contribution in [-0.2, 0) is 16.1 Å². The van der Waals surface area contributed by atoms with E-state index in [1.165, 1.54) is 0 Å². The standard InChI is InChI=1S/C13H21N3O3/c1-3-12(13(17)18)15-4-5-19-11(8-15)9-16-7-10(2)6-14-16/h6-7,11-12H,3-5,8-9H2,1-2H3,(H,17,18). The number of ether oxygens (including phenoxy) is 1. The van der Waals surface area contributed by atoms with Crippen LogP contribution in [0, 0.1) is 6.92 Å². The van der Waals surface area contributed by atoms with E-state index >= 15 is 0 Å². The maximum Gasteiger partial charge on any atom is 0.320 e. The average molecular weight is 267 g/mol. The maximum atomic E-state index is 11.2. The molecule has 1 fully saturated rings. The molecule has 19 heavy (non-hydrogen) atoms. The van der Waals surface area contributed by atoms with Crippen LogP contribution in [0.1, 0.15) is 18.9 Å². The summed E-state index contributed by atoms with van der Waals surface area (Å²) in [5.41, 5.74) is 1.12. The first-order valence-corrected chi connectivity index (χ1v) is 6.67. The fraction of sp³-hybridized carbons (Fsp3) is 0.692. The van der Waals surface area contributed by atoms with Gasteiger partial charge in [-0.15, -0.1) is 0 Å². The molecule has 1 aromatic heterocycles. The molecule has 2 rings (SSSR count). The molecule has 106 valence electrons. The Bertz CT molecular complexity index is 433. The number of carboxylic acid groups (broad SMARTS) is 1. The van der Waals surface area contributed by atoms with E-state index in [1.807, 2.05) is 35.8 Å². The summed E-state index contributed by atoms with van der Waals surface area (Å²) in [6, 6.07) is -0.411. The number of hydrogen-bond acceptors (Lipinski definition) is 4. The van der Waals surface area contributed by atoms with Crippen LogP contribution in [0.15, 0.2) is 12.4 Å². The number of carboxylic acids is 1. The molecule has 0 amide bonds. The Morgan fingerprint density at radius 1 is 1.68 bits per heavy atom. The van der Waals surface area contributed by atoms with E-state index in [0.29, 0.717) is 32.7 Å². The van der Waals surface area contributed by atoms with Crippen LogP contribution in [0.3, 0.4) is 0 Å². The molecule has 1 aliphatic rings. The topological polar surface area (TPSA) is 67.6 Å². The first kappa shape index (κ1) is 14.0. The van der Waals surface area contributed by atoms with Gasteiger partial charge in [-0.2, -0.15) is 5.10 Å². The Morgan fingerprint density at radius 2 is 2.47 bits per heavy atom. The second kappa shape index (κ2) is 6.16. The lowest BCUT2D eigenvalue weighted by molar-refractivity contribution is -0.147. The lowest BCUT2D eigenvalue weighted by Crippen LogP contribution is -2.51. The lowest BCUT2D eigenvalue weighted by Gasteiger charge is -2.36. The Hall–Kier alpha value is -1.40. The van der Waals surface area contributed by atoms with Gasteiger partial charge in [0, 0.05) is 19.3 Å². The molecule has 0 bridgehead atoms. The van der Waals surface area contributed by atoms with Gasteiger partial charge in [-0.1, -0.05) is 6.92 Å². The van der Waals surface area contributed by atoms with Crippen LogP contribution in [0.2, 0.25) is 0 Å². The highest BCUT2D eigenvalue weighted by Crippen LogP contribution is 2.13. The molecule has 0 spiro atoms. The third-order valence-corrected chi connectivity index (χ3v) is 3.44. The maximum absolute atomic E-state index is 11.2. The number of carbonyl (C=O) groups is 1. The summed E-state index contributed by atoms with van der Waals surface area (Å²) < 4.78 is 7.55. The number of aromatic nitrogens is 2. The number of hydrogen-bond donors (Lipinski definition) is 1. The van der Waals surface area contributed by atoms with E-state index < -0.39 is 12.0 Å². The number of morpholine rings is 1. The molecule has 0 radical (unpaired) electrons. The summed E-state index contributed by atoms with van der Waals surface area (Å²) >= 11 is 0. The number of aryl methyl sites for hydroxylation is 1. The van der Waals surface area contributed by atoms with Gasteiger partial charge < -0.3 is 9.84 Å². The minimum absolute atomic E-state index is 0.00134. The van der Waals surface area contributed by atoms with Gasteiger partial charge in [-0.3, -0.25) is 14.4 Å². The zero-order chi connectivity index (χ0) is 13.8. The number of nitrogens with zero attached hydrogens (tertiary/aromatic N) is 3. The molecule has 0 aromatic carbocycles. The van der Waals surface area contributed by atoms with Crippen LogP contribution in [0.25, 0.3) is 0 Å². The van der Waals surface area contributed by atoms with Gasteiger partial charge >= 0.3 is 5.97 Å². The Labute approximate surface area is 113 Å². The highest BCUT2D eigenvalue weighted by molar-refractivity contribution is 5.73. The summed E-state index contributed by atoms with van der Waals surface area (Å²) in [6.07, 6.45) is 4.40. The molecule has 1 N–H and O–H groups in total. The third-order valence-electron chi connectivity index (χ3n) is 3.44. The fourth-order valence-corrected chi connectivity index (χ4v) is 2.50. The van der Waals surface area contributed by atoms with Crippen molar-refractivity contribution in [1.29, 1.82) is 0 Å². The first-order valence-electron chi connectivity index (χ1n) is 6.67. The highest BCUT2D eigenvalue weighted by atomic mass is 16.5. The normalized spacial score (nSPS) is 22.3. The fourth-order valence-electron chi connectivity index (χ4n) is 2.50. The predicted octanol–water partition coefficient (Wildman–Crippen LogP) is 0.756. The predicted molar refractivity (Wildman–Crippen MR) is 70.0 cm³/mol. The van der Waals surface area contributed by atoms with Gasteiger partial charge in [0.05, 0.1) is 25.5 Å². The van der Waals surface area contributed by atoms with E-state index in [1.54, 1.807) is 0 Å². The van der Waals surface area contributed by atoms with Crippen LogP contribution < -0.4 is 0 Å². The number of aliphatic carboxylic acids is 1. The van der Waals surface area contributed by atoms with E-state index in [2.05, 4.69) is 5.10 Å². The van der Waals surface area contributed by atoms with Crippen molar-refractivity contribution in [2.24, 2.45) is 0 Å². The Kier molecular flexibility index (Phi) is 4.55. The smallest absolute Gasteiger partial charge is 0.320 e. The lowest BCUT2D eigenvalue weighted by atomic mass is 10.1. The Morgan fingerprint density at radius 3 is 3.05 bits per heavy atom. The largest absolute Gasteiger partial charge is 0.480 e. The summed E-state index contributed by atoms with van der Waals surface area (Å²) in [6.45, 7) is 6.47. The van der Waals surface area contributed by atoms with E-state index in [9.17, 15) is 9.90 Å². The van der Waals surface area contributed by atoms with Gasteiger partial charge in [-0.25, -0.2) is 0 Å². The summed E-state index contributed by atoms with van der Waals surface area (Å²) in [4.78, 5) is 13.2. The van der Waals surface area contributed by atoms with Gasteiger partial charge in [0.15, 0.2) is 0 Å². The number of rotatable bonds is 5. The first-order chi connectivity index (χ1) is 9.10. The van der Waals surface area contributed by atoms with Crippen LogP contribution in [0.5, 0.6) is 0 Å². The van der Waals surface area contributed by atoms with Crippen molar-refractivity contribution in [3.63, 3.8) is 0 Å². The minimum atomic E-state index is -0.752. The van der Waals surface area contributed by atoms with E-state index in [4.69, 9.17) is 4.74 Å². The minimum Gasteiger partial charge on any atom is -0.480 e. The molecular weight excluding hydrogens is 246 g/mol. The molecule has 2 atom stereocenters. The molecule has 1 aromatic rings. The Balaban J connectivity index is 1.95. The van der Waals surface area contributed by atoms with E-state index in [-0.39, 0.29) is 6.10 Å². The molecule has 1 saturated heterocycles. The van der Waals surface area contributed by atoms with Crippen LogP contribution in [0.4, 0.5) is 0 Å². The monoisotopic (exact) mass is 267 g/mol. The molecule has 0 saturated carbocycles. The van der Waals surface area contributed by atoms with Crippen LogP contribution in [-0.4, -0.2) is 57.6 Å². The highest BCUT2D eigenvalue weighted by Gasteiger charge is 2.29. The summed E-state index contributed by atoms with van der Waals surface area (Å²) in [7, 11) is 0. The average Bonchev–Trinajstić information content (AvgIpc) is 2.75. The molecule has 0 aliphatic carbocycles. The summed E-state index contributed by atoms with van der Waals surface area (Å²) in [5, 5.41) is 13.4. The van der Waals surface area contributed by atoms with Crippen molar-refractivity contribution >= 4 is 5.97 Å². The van der Waals surface area contributed by atoms with Crippen molar-refractivity contribution in [1.82, 2.24) is 14.7 Å². The summed E-state index contributed by atoms with van der Waals surface area (Å²) in [5.74, 6) is -0.752. The molecule has 1 aliphatic heterocycles. The SMILES string of the molecule is CCC(C(=O)O)N1CCOC(Cn2cc(C)cn2)C1. The van der Waals surface area contributed by atoms with Gasteiger partial charge in [0.2, 0.25) is 0 Å². The third kappa shape index (κ3) is 3.54.